The number of likely N-dealkylation sites (tertiary alicyclic amines) is 1. The van der Waals surface area contributed by atoms with Crippen molar-refractivity contribution < 1.29 is 14.3 Å². The number of carbonyl (C=O) groups excluding carboxylic acids is 2. The minimum absolute atomic E-state index is 0.0192. The van der Waals surface area contributed by atoms with Crippen LogP contribution in [0, 0.1) is 5.92 Å². The number of carbonyl (C=O) groups is 2. The first-order valence-electron chi connectivity index (χ1n) is 12.0. The number of thiazole rings is 1. The third kappa shape index (κ3) is 5.54. The molecule has 10 heteroatoms. The molecule has 2 aromatic heterocycles. The zero-order valence-corrected chi connectivity index (χ0v) is 20.4. The molecule has 35 heavy (non-hydrogen) atoms. The number of para-hydroxylation sites is 1. The lowest BCUT2D eigenvalue weighted by Gasteiger charge is -2.38. The van der Waals surface area contributed by atoms with Gasteiger partial charge < -0.3 is 14.5 Å². The van der Waals surface area contributed by atoms with Crippen molar-refractivity contribution in [1.29, 1.82) is 0 Å². The molecule has 0 spiro atoms. The van der Waals surface area contributed by atoms with E-state index in [0.29, 0.717) is 56.3 Å². The summed E-state index contributed by atoms with van der Waals surface area (Å²) in [6, 6.07) is 10.9. The maximum absolute atomic E-state index is 13.1. The summed E-state index contributed by atoms with van der Waals surface area (Å²) in [6.45, 7) is 4.64. The van der Waals surface area contributed by atoms with Crippen LogP contribution in [0.25, 0.3) is 4.96 Å². The van der Waals surface area contributed by atoms with Gasteiger partial charge in [-0.25, -0.2) is 4.98 Å². The molecule has 2 aliphatic rings. The molecule has 1 aromatic carbocycles. The van der Waals surface area contributed by atoms with Crippen molar-refractivity contribution in [3.05, 3.63) is 64.0 Å². The summed E-state index contributed by atoms with van der Waals surface area (Å²) in [5.41, 5.74) is 0.710. The van der Waals surface area contributed by atoms with Gasteiger partial charge in [0.05, 0.1) is 5.69 Å². The maximum Gasteiger partial charge on any atom is 0.260 e. The third-order valence-corrected chi connectivity index (χ3v) is 7.48. The molecule has 2 saturated heterocycles. The molecule has 0 radical (unpaired) electrons. The topological polar surface area (TPSA) is 87.5 Å². The summed E-state index contributed by atoms with van der Waals surface area (Å²) >= 11 is 1.45. The van der Waals surface area contributed by atoms with Gasteiger partial charge in [-0.05, 0) is 25.0 Å². The standard InChI is InChI=1S/C25H29N5O4S/c31-22-16-20(26-25-30(22)14-15-35-25)17-27-10-12-29(13-11-27)24(33)19-6-8-28(9-7-19)23(32)18-34-21-4-2-1-3-5-21/h1-5,14-16,19H,6-13,17-18H2. The van der Waals surface area contributed by atoms with E-state index in [4.69, 9.17) is 4.74 Å². The Labute approximate surface area is 207 Å². The fraction of sp³-hybridized carbons (Fsp3) is 0.440. The van der Waals surface area contributed by atoms with E-state index in [1.54, 1.807) is 21.6 Å². The Morgan fingerprint density at radius 2 is 1.74 bits per heavy atom. The van der Waals surface area contributed by atoms with Crippen molar-refractivity contribution in [2.75, 3.05) is 45.9 Å². The van der Waals surface area contributed by atoms with Crippen LogP contribution in [-0.4, -0.2) is 81.8 Å². The number of aromatic nitrogens is 2. The first-order valence-corrected chi connectivity index (χ1v) is 12.9. The van der Waals surface area contributed by atoms with Crippen molar-refractivity contribution in [3.8, 4) is 5.75 Å². The number of rotatable bonds is 6. The van der Waals surface area contributed by atoms with Crippen LogP contribution in [0.15, 0.2) is 52.8 Å². The number of fused-ring (bicyclic) bond motifs is 1. The van der Waals surface area contributed by atoms with Crippen molar-refractivity contribution >= 4 is 28.1 Å². The number of piperazine rings is 1. The zero-order valence-electron chi connectivity index (χ0n) is 19.5. The maximum atomic E-state index is 13.1. The molecule has 5 rings (SSSR count). The van der Waals surface area contributed by atoms with Gasteiger partial charge in [0.25, 0.3) is 11.5 Å². The molecule has 0 saturated carbocycles. The molecule has 2 fully saturated rings. The largest absolute Gasteiger partial charge is 0.484 e. The molecule has 0 aliphatic carbocycles. The smallest absolute Gasteiger partial charge is 0.260 e. The van der Waals surface area contributed by atoms with Gasteiger partial charge >= 0.3 is 0 Å². The summed E-state index contributed by atoms with van der Waals surface area (Å²) in [6.07, 6.45) is 3.11. The zero-order chi connectivity index (χ0) is 24.2. The quantitative estimate of drug-likeness (QED) is 0.518. The van der Waals surface area contributed by atoms with Gasteiger partial charge in [-0.3, -0.25) is 23.7 Å². The highest BCUT2D eigenvalue weighted by molar-refractivity contribution is 7.15. The molecule has 0 bridgehead atoms. The van der Waals surface area contributed by atoms with E-state index in [2.05, 4.69) is 9.88 Å². The fourth-order valence-corrected chi connectivity index (χ4v) is 5.45. The van der Waals surface area contributed by atoms with Gasteiger partial charge in [-0.2, -0.15) is 0 Å². The van der Waals surface area contributed by atoms with Gasteiger partial charge in [0.15, 0.2) is 11.6 Å². The number of hydrogen-bond donors (Lipinski definition) is 0. The minimum atomic E-state index is -0.0588. The predicted molar refractivity (Wildman–Crippen MR) is 132 cm³/mol. The van der Waals surface area contributed by atoms with Crippen LogP contribution in [0.3, 0.4) is 0 Å². The number of benzene rings is 1. The van der Waals surface area contributed by atoms with Gasteiger partial charge in [0, 0.05) is 69.4 Å². The van der Waals surface area contributed by atoms with E-state index in [1.807, 2.05) is 40.6 Å². The van der Waals surface area contributed by atoms with Crippen LogP contribution >= 0.6 is 11.3 Å². The Morgan fingerprint density at radius 1 is 1.00 bits per heavy atom. The lowest BCUT2D eigenvalue weighted by molar-refractivity contribution is -0.142. The molecule has 0 N–H and O–H groups in total. The average Bonchev–Trinajstić information content (AvgIpc) is 3.37. The average molecular weight is 496 g/mol. The Hall–Kier alpha value is -3.24. The first kappa shape index (κ1) is 23.5. The van der Waals surface area contributed by atoms with Crippen molar-refractivity contribution in [2.24, 2.45) is 5.92 Å². The number of amides is 2. The van der Waals surface area contributed by atoms with Gasteiger partial charge in [-0.15, -0.1) is 11.3 Å². The molecule has 2 amide bonds. The summed E-state index contributed by atoms with van der Waals surface area (Å²) in [4.78, 5) is 49.1. The monoisotopic (exact) mass is 495 g/mol. The second-order valence-electron chi connectivity index (χ2n) is 9.00. The van der Waals surface area contributed by atoms with Gasteiger partial charge in [0.1, 0.15) is 5.75 Å². The van der Waals surface area contributed by atoms with Crippen LogP contribution in [0.2, 0.25) is 0 Å². The Balaban J connectivity index is 1.06. The molecule has 4 heterocycles. The second kappa shape index (κ2) is 10.6. The van der Waals surface area contributed by atoms with E-state index >= 15 is 0 Å². The van der Waals surface area contributed by atoms with Gasteiger partial charge in [0.2, 0.25) is 5.91 Å². The Kier molecular flexibility index (Phi) is 7.10. The molecular weight excluding hydrogens is 466 g/mol. The van der Waals surface area contributed by atoms with Crippen LogP contribution < -0.4 is 10.3 Å². The highest BCUT2D eigenvalue weighted by atomic mass is 32.1. The van der Waals surface area contributed by atoms with E-state index < -0.39 is 0 Å². The molecule has 184 valence electrons. The lowest BCUT2D eigenvalue weighted by atomic mass is 9.95. The predicted octanol–water partition coefficient (Wildman–Crippen LogP) is 1.72. The normalized spacial score (nSPS) is 17.6. The fourth-order valence-electron chi connectivity index (χ4n) is 4.71. The summed E-state index contributed by atoms with van der Waals surface area (Å²) < 4.78 is 7.13. The highest BCUT2D eigenvalue weighted by Crippen LogP contribution is 2.21. The SMILES string of the molecule is O=C(COc1ccccc1)N1CCC(C(=O)N2CCN(Cc3cc(=O)n4ccsc4n3)CC2)CC1. The van der Waals surface area contributed by atoms with E-state index in [-0.39, 0.29) is 29.9 Å². The summed E-state index contributed by atoms with van der Waals surface area (Å²) in [7, 11) is 0. The van der Waals surface area contributed by atoms with Crippen LogP contribution in [0.4, 0.5) is 0 Å². The highest BCUT2D eigenvalue weighted by Gasteiger charge is 2.31. The number of nitrogens with zero attached hydrogens (tertiary/aromatic N) is 5. The third-order valence-electron chi connectivity index (χ3n) is 6.73. The number of hydrogen-bond acceptors (Lipinski definition) is 7. The van der Waals surface area contributed by atoms with Crippen molar-refractivity contribution in [1.82, 2.24) is 24.1 Å². The molecule has 2 aliphatic heterocycles. The van der Waals surface area contributed by atoms with E-state index in [9.17, 15) is 14.4 Å². The van der Waals surface area contributed by atoms with E-state index in [0.717, 1.165) is 18.8 Å². The first-order chi connectivity index (χ1) is 17.1. The molecular formula is C25H29N5O4S. The summed E-state index contributed by atoms with van der Waals surface area (Å²) in [5, 5.41) is 1.86. The van der Waals surface area contributed by atoms with E-state index in [1.165, 1.54) is 11.3 Å². The Bertz CT molecular complexity index is 1230. The van der Waals surface area contributed by atoms with Crippen LogP contribution in [0.1, 0.15) is 18.5 Å². The number of piperidine rings is 1. The molecule has 0 unspecified atom stereocenters. The van der Waals surface area contributed by atoms with Gasteiger partial charge in [-0.1, -0.05) is 18.2 Å². The summed E-state index contributed by atoms with van der Waals surface area (Å²) in [5.74, 6) is 0.792. The minimum Gasteiger partial charge on any atom is -0.484 e. The molecule has 3 aromatic rings. The second-order valence-corrected chi connectivity index (χ2v) is 9.87. The lowest BCUT2D eigenvalue weighted by Crippen LogP contribution is -2.52. The van der Waals surface area contributed by atoms with Crippen molar-refractivity contribution in [3.63, 3.8) is 0 Å². The Morgan fingerprint density at radius 3 is 2.49 bits per heavy atom. The molecule has 9 nitrogen and oxygen atoms in total. The van der Waals surface area contributed by atoms with Crippen LogP contribution in [0.5, 0.6) is 5.75 Å². The van der Waals surface area contributed by atoms with Crippen molar-refractivity contribution in [2.45, 2.75) is 19.4 Å². The van der Waals surface area contributed by atoms with Crippen LogP contribution in [-0.2, 0) is 16.1 Å². The number of ether oxygens (including phenoxy) is 1. The molecule has 0 atom stereocenters.